The molecule has 1 unspecified atom stereocenters. The molecule has 19 heavy (non-hydrogen) atoms. The van der Waals surface area contributed by atoms with Gasteiger partial charge < -0.3 is 22.5 Å². The van der Waals surface area contributed by atoms with Crippen molar-refractivity contribution in [1.82, 2.24) is 5.32 Å². The van der Waals surface area contributed by atoms with Crippen LogP contribution in [0.2, 0.25) is 0 Å². The Labute approximate surface area is 111 Å². The number of nitrogens with one attached hydrogen (secondary N) is 1. The highest BCUT2D eigenvalue weighted by Gasteiger charge is 2.31. The maximum atomic E-state index is 11.9. The van der Waals surface area contributed by atoms with Crippen molar-refractivity contribution in [2.45, 2.75) is 26.3 Å². The number of carbonyl (C=O) groups is 4. The van der Waals surface area contributed by atoms with Gasteiger partial charge in [-0.2, -0.15) is 0 Å². The van der Waals surface area contributed by atoms with E-state index in [9.17, 15) is 19.2 Å². The van der Waals surface area contributed by atoms with Crippen LogP contribution in [0.1, 0.15) is 20.3 Å². The molecule has 0 aliphatic carbocycles. The third-order valence-corrected chi connectivity index (χ3v) is 2.56. The van der Waals surface area contributed by atoms with Crippen LogP contribution in [-0.2, 0) is 19.2 Å². The lowest BCUT2D eigenvalue weighted by Crippen LogP contribution is -2.51. The average Bonchev–Trinajstić information content (AvgIpc) is 2.26. The summed E-state index contributed by atoms with van der Waals surface area (Å²) in [5.74, 6) is -4.09. The van der Waals surface area contributed by atoms with E-state index in [0.717, 1.165) is 0 Å². The molecule has 0 radical (unpaired) electrons. The lowest BCUT2D eigenvalue weighted by atomic mass is 9.90. The number of ketones is 1. The predicted molar refractivity (Wildman–Crippen MR) is 67.3 cm³/mol. The van der Waals surface area contributed by atoms with Gasteiger partial charge in [0, 0.05) is 0 Å². The molecule has 0 rings (SSSR count). The summed E-state index contributed by atoms with van der Waals surface area (Å²) in [6.45, 7) is 3.06. The second-order valence-electron chi connectivity index (χ2n) is 4.53. The Morgan fingerprint density at radius 1 is 1.11 bits per heavy atom. The Hall–Kier alpha value is -1.96. The number of Topliss-reactive ketones (excluding diaryl/α,β-unsaturated/α-hetero) is 1. The quantitative estimate of drug-likeness (QED) is 0.363. The van der Waals surface area contributed by atoms with Gasteiger partial charge in [0.2, 0.25) is 17.7 Å². The SMILES string of the molecule is CC(C)C(C(=O)CN)C(=O)N[C@@H](CC(N)=O)C(N)=O. The van der Waals surface area contributed by atoms with Crippen LogP contribution in [0.25, 0.3) is 0 Å². The average molecular weight is 272 g/mol. The van der Waals surface area contributed by atoms with Crippen LogP contribution < -0.4 is 22.5 Å². The van der Waals surface area contributed by atoms with Crippen molar-refractivity contribution >= 4 is 23.5 Å². The van der Waals surface area contributed by atoms with Crippen molar-refractivity contribution < 1.29 is 19.2 Å². The van der Waals surface area contributed by atoms with Crippen molar-refractivity contribution in [2.24, 2.45) is 29.0 Å². The molecule has 3 amide bonds. The molecule has 0 aromatic carbocycles. The van der Waals surface area contributed by atoms with Gasteiger partial charge in [-0.3, -0.25) is 19.2 Å². The van der Waals surface area contributed by atoms with Gasteiger partial charge in [0.15, 0.2) is 5.78 Å². The maximum absolute atomic E-state index is 11.9. The van der Waals surface area contributed by atoms with Crippen molar-refractivity contribution in [2.75, 3.05) is 6.54 Å². The Morgan fingerprint density at radius 3 is 1.95 bits per heavy atom. The van der Waals surface area contributed by atoms with Gasteiger partial charge in [-0.05, 0) is 5.92 Å². The Morgan fingerprint density at radius 2 is 1.63 bits per heavy atom. The molecule has 8 nitrogen and oxygen atoms in total. The van der Waals surface area contributed by atoms with Gasteiger partial charge in [-0.25, -0.2) is 0 Å². The van der Waals surface area contributed by atoms with E-state index in [2.05, 4.69) is 5.32 Å². The summed E-state index contributed by atoms with van der Waals surface area (Å²) < 4.78 is 0. The smallest absolute Gasteiger partial charge is 0.240 e. The van der Waals surface area contributed by atoms with Crippen molar-refractivity contribution in [3.63, 3.8) is 0 Å². The fourth-order valence-electron chi connectivity index (χ4n) is 1.63. The summed E-state index contributed by atoms with van der Waals surface area (Å²) in [5.41, 5.74) is 15.2. The zero-order valence-electron chi connectivity index (χ0n) is 11.0. The van der Waals surface area contributed by atoms with Crippen LogP contribution >= 0.6 is 0 Å². The summed E-state index contributed by atoms with van der Waals surface area (Å²) in [7, 11) is 0. The van der Waals surface area contributed by atoms with Gasteiger partial charge in [-0.1, -0.05) is 13.8 Å². The molecule has 0 spiro atoms. The molecule has 2 atom stereocenters. The number of amides is 3. The second kappa shape index (κ2) is 7.47. The fraction of sp³-hybridized carbons (Fsp3) is 0.636. The lowest BCUT2D eigenvalue weighted by Gasteiger charge is -2.21. The van der Waals surface area contributed by atoms with E-state index in [0.29, 0.717) is 0 Å². The molecular formula is C11H20N4O4. The first kappa shape index (κ1) is 17.0. The number of rotatable bonds is 8. The summed E-state index contributed by atoms with van der Waals surface area (Å²) in [5, 5.41) is 2.25. The number of hydrogen-bond donors (Lipinski definition) is 4. The zero-order valence-corrected chi connectivity index (χ0v) is 11.0. The molecule has 0 heterocycles. The lowest BCUT2D eigenvalue weighted by molar-refractivity contribution is -0.137. The van der Waals surface area contributed by atoms with Gasteiger partial charge >= 0.3 is 0 Å². The largest absolute Gasteiger partial charge is 0.370 e. The predicted octanol–water partition coefficient (Wildman–Crippen LogP) is -2.37. The van der Waals surface area contributed by atoms with Crippen LogP contribution in [0.4, 0.5) is 0 Å². The summed E-state index contributed by atoms with van der Waals surface area (Å²) in [6, 6.07) is -1.23. The van der Waals surface area contributed by atoms with Crippen molar-refractivity contribution in [1.29, 1.82) is 0 Å². The molecule has 0 fully saturated rings. The van der Waals surface area contributed by atoms with Crippen LogP contribution in [-0.4, -0.2) is 36.1 Å². The fourth-order valence-corrected chi connectivity index (χ4v) is 1.63. The third kappa shape index (κ3) is 5.47. The Bertz CT molecular complexity index is 381. The number of carbonyl (C=O) groups excluding carboxylic acids is 4. The van der Waals surface area contributed by atoms with E-state index in [1.54, 1.807) is 13.8 Å². The summed E-state index contributed by atoms with van der Waals surface area (Å²) in [4.78, 5) is 45.4. The van der Waals surface area contributed by atoms with Gasteiger partial charge in [-0.15, -0.1) is 0 Å². The molecule has 0 saturated carbocycles. The third-order valence-electron chi connectivity index (χ3n) is 2.56. The first-order chi connectivity index (χ1) is 8.70. The standard InChI is InChI=1S/C11H20N4O4/c1-5(2)9(7(16)4-12)11(19)15-6(10(14)18)3-8(13)17/h5-6,9H,3-4,12H2,1-2H3,(H2,13,17)(H2,14,18)(H,15,19)/t6-,9?/m0/s1. The topological polar surface area (TPSA) is 158 Å². The van der Waals surface area contributed by atoms with Crippen molar-refractivity contribution in [3.8, 4) is 0 Å². The maximum Gasteiger partial charge on any atom is 0.240 e. The molecule has 0 aliphatic rings. The molecule has 0 aliphatic heterocycles. The summed E-state index contributed by atoms with van der Waals surface area (Å²) >= 11 is 0. The minimum atomic E-state index is -1.23. The molecular weight excluding hydrogens is 252 g/mol. The molecule has 8 heteroatoms. The highest BCUT2D eigenvalue weighted by Crippen LogP contribution is 2.12. The highest BCUT2D eigenvalue weighted by atomic mass is 16.2. The monoisotopic (exact) mass is 272 g/mol. The van der Waals surface area contributed by atoms with Crippen molar-refractivity contribution in [3.05, 3.63) is 0 Å². The minimum Gasteiger partial charge on any atom is -0.370 e. The Kier molecular flexibility index (Phi) is 6.70. The van der Waals surface area contributed by atoms with Gasteiger partial charge in [0.25, 0.3) is 0 Å². The van der Waals surface area contributed by atoms with E-state index >= 15 is 0 Å². The zero-order chi connectivity index (χ0) is 15.2. The van der Waals surface area contributed by atoms with E-state index < -0.39 is 41.9 Å². The van der Waals surface area contributed by atoms with E-state index in [4.69, 9.17) is 17.2 Å². The highest BCUT2D eigenvalue weighted by molar-refractivity contribution is 6.04. The molecule has 0 saturated heterocycles. The molecule has 108 valence electrons. The molecule has 7 N–H and O–H groups in total. The number of nitrogens with two attached hydrogens (primary N) is 3. The van der Waals surface area contributed by atoms with Crippen LogP contribution in [0, 0.1) is 11.8 Å². The first-order valence-electron chi connectivity index (χ1n) is 5.81. The number of primary amides is 2. The van der Waals surface area contributed by atoms with E-state index in [1.807, 2.05) is 0 Å². The van der Waals surface area contributed by atoms with Crippen LogP contribution in [0.3, 0.4) is 0 Å². The normalized spacial score (nSPS) is 13.7. The van der Waals surface area contributed by atoms with E-state index in [-0.39, 0.29) is 12.5 Å². The second-order valence-corrected chi connectivity index (χ2v) is 4.53. The number of hydrogen-bond acceptors (Lipinski definition) is 5. The van der Waals surface area contributed by atoms with Crippen LogP contribution in [0.15, 0.2) is 0 Å². The minimum absolute atomic E-state index is 0.284. The van der Waals surface area contributed by atoms with Gasteiger partial charge in [0.05, 0.1) is 13.0 Å². The van der Waals surface area contributed by atoms with E-state index in [1.165, 1.54) is 0 Å². The molecule has 0 aromatic rings. The van der Waals surface area contributed by atoms with Crippen LogP contribution in [0.5, 0.6) is 0 Å². The molecule has 0 aromatic heterocycles. The Balaban J connectivity index is 4.91. The first-order valence-corrected chi connectivity index (χ1v) is 5.81. The summed E-state index contributed by atoms with van der Waals surface area (Å²) in [6.07, 6.45) is -0.414. The van der Waals surface area contributed by atoms with Gasteiger partial charge in [0.1, 0.15) is 12.0 Å². The molecule has 0 bridgehead atoms.